The lowest BCUT2D eigenvalue weighted by Gasteiger charge is -2.12. The maximum absolute atomic E-state index is 12.2. The van der Waals surface area contributed by atoms with Crippen LogP contribution in [0.3, 0.4) is 0 Å². The summed E-state index contributed by atoms with van der Waals surface area (Å²) in [4.78, 5) is 12.2. The van der Waals surface area contributed by atoms with Crippen LogP contribution in [0.5, 0.6) is 0 Å². The number of aromatic nitrogens is 1. The van der Waals surface area contributed by atoms with E-state index in [0.717, 1.165) is 36.5 Å². The Hall–Kier alpha value is -1.10. The van der Waals surface area contributed by atoms with Crippen molar-refractivity contribution in [3.05, 3.63) is 18.0 Å². The van der Waals surface area contributed by atoms with E-state index in [9.17, 15) is 4.79 Å². The average molecular weight is 251 g/mol. The number of rotatable bonds is 3. The molecule has 92 valence electrons. The van der Waals surface area contributed by atoms with Crippen LogP contribution in [0.1, 0.15) is 35.8 Å². The number of nitrogen functional groups attached to an aromatic ring is 1. The van der Waals surface area contributed by atoms with Crippen molar-refractivity contribution < 1.29 is 4.79 Å². The topological polar surface area (TPSA) is 60.1 Å². The van der Waals surface area contributed by atoms with Crippen LogP contribution in [0.25, 0.3) is 0 Å². The number of carbonyl (C=O) groups excluding carboxylic acids is 1. The highest BCUT2D eigenvalue weighted by molar-refractivity contribution is 7.99. The van der Waals surface area contributed by atoms with Crippen molar-refractivity contribution in [2.75, 3.05) is 17.2 Å². The smallest absolute Gasteiger partial charge is 0.268 e. The number of thioether (sulfide) groups is 1. The minimum absolute atomic E-state index is 0.0288. The fourth-order valence-corrected chi connectivity index (χ4v) is 3.40. The van der Waals surface area contributed by atoms with E-state index in [-0.39, 0.29) is 5.91 Å². The first-order valence-electron chi connectivity index (χ1n) is 6.10. The molecule has 1 saturated heterocycles. The van der Waals surface area contributed by atoms with Gasteiger partial charge >= 0.3 is 0 Å². The molecule has 2 fully saturated rings. The van der Waals surface area contributed by atoms with Gasteiger partial charge in [-0.05, 0) is 31.1 Å². The van der Waals surface area contributed by atoms with Crippen LogP contribution in [0.2, 0.25) is 0 Å². The summed E-state index contributed by atoms with van der Waals surface area (Å²) < 4.78 is 2.03. The van der Waals surface area contributed by atoms with Crippen LogP contribution in [0.4, 0.5) is 5.69 Å². The Bertz CT molecular complexity index is 433. The molecule has 0 bridgehead atoms. The van der Waals surface area contributed by atoms with Crippen LogP contribution in [0.15, 0.2) is 12.3 Å². The molecule has 17 heavy (non-hydrogen) atoms. The molecule has 0 aromatic carbocycles. The van der Waals surface area contributed by atoms with Gasteiger partial charge in [0.15, 0.2) is 0 Å². The highest BCUT2D eigenvalue weighted by Gasteiger charge is 2.28. The Balaban J connectivity index is 1.75. The van der Waals surface area contributed by atoms with E-state index in [1.807, 2.05) is 22.5 Å². The van der Waals surface area contributed by atoms with Crippen LogP contribution >= 0.6 is 11.8 Å². The van der Waals surface area contributed by atoms with E-state index in [1.54, 1.807) is 6.07 Å². The molecule has 1 aliphatic carbocycles. The van der Waals surface area contributed by atoms with Crippen LogP contribution in [-0.4, -0.2) is 28.0 Å². The summed E-state index contributed by atoms with van der Waals surface area (Å²) >= 11 is 1.90. The third-order valence-corrected chi connectivity index (χ3v) is 4.47. The zero-order valence-electron chi connectivity index (χ0n) is 9.69. The monoisotopic (exact) mass is 251 g/mol. The van der Waals surface area contributed by atoms with Crippen LogP contribution in [-0.2, 0) is 0 Å². The highest BCUT2D eigenvalue weighted by Crippen LogP contribution is 2.37. The summed E-state index contributed by atoms with van der Waals surface area (Å²) in [6.07, 6.45) is 5.29. The minimum atomic E-state index is 0.0288. The summed E-state index contributed by atoms with van der Waals surface area (Å²) in [6.45, 7) is 0. The van der Waals surface area contributed by atoms with Crippen LogP contribution in [0, 0.1) is 0 Å². The van der Waals surface area contributed by atoms with Gasteiger partial charge in [-0.1, -0.05) is 0 Å². The second-order valence-corrected chi connectivity index (χ2v) is 5.98. The second kappa shape index (κ2) is 4.29. The molecule has 1 aromatic rings. The van der Waals surface area contributed by atoms with Crippen LogP contribution < -0.4 is 11.1 Å². The van der Waals surface area contributed by atoms with E-state index in [1.165, 1.54) is 0 Å². The summed E-state index contributed by atoms with van der Waals surface area (Å²) in [6, 6.07) is 2.61. The Kier molecular flexibility index (Phi) is 2.78. The SMILES string of the molecule is Nc1cc(C(=O)NC2CCSC2)n(C2CC2)c1. The zero-order chi connectivity index (χ0) is 11.8. The minimum Gasteiger partial charge on any atom is -0.397 e. The van der Waals surface area contributed by atoms with E-state index in [4.69, 9.17) is 5.73 Å². The van der Waals surface area contributed by atoms with Crippen molar-refractivity contribution in [3.63, 3.8) is 0 Å². The molecule has 1 atom stereocenters. The van der Waals surface area contributed by atoms with Gasteiger partial charge < -0.3 is 15.6 Å². The Morgan fingerprint density at radius 2 is 2.29 bits per heavy atom. The summed E-state index contributed by atoms with van der Waals surface area (Å²) in [5, 5.41) is 3.10. The molecule has 0 spiro atoms. The van der Waals surface area contributed by atoms with Gasteiger partial charge in [0.1, 0.15) is 5.69 Å². The predicted molar refractivity (Wildman–Crippen MR) is 70.3 cm³/mol. The molecule has 3 rings (SSSR count). The first-order chi connectivity index (χ1) is 8.24. The first-order valence-corrected chi connectivity index (χ1v) is 7.25. The lowest BCUT2D eigenvalue weighted by atomic mass is 10.2. The fourth-order valence-electron chi connectivity index (χ4n) is 2.25. The molecule has 5 heteroatoms. The molecular weight excluding hydrogens is 234 g/mol. The van der Waals surface area contributed by atoms with Gasteiger partial charge in [-0.15, -0.1) is 0 Å². The number of nitrogens with one attached hydrogen (secondary N) is 1. The van der Waals surface area contributed by atoms with Crippen molar-refractivity contribution in [2.24, 2.45) is 0 Å². The second-order valence-electron chi connectivity index (χ2n) is 4.83. The molecule has 3 N–H and O–H groups in total. The van der Waals surface area contributed by atoms with Crippen molar-refractivity contribution in [3.8, 4) is 0 Å². The lowest BCUT2D eigenvalue weighted by Crippen LogP contribution is -2.35. The molecule has 2 heterocycles. The van der Waals surface area contributed by atoms with Gasteiger partial charge in [-0.25, -0.2) is 0 Å². The van der Waals surface area contributed by atoms with Crippen molar-refractivity contribution in [1.82, 2.24) is 9.88 Å². The standard InChI is InChI=1S/C12H17N3OS/c13-8-5-11(15(6-8)10-1-2-10)12(16)14-9-3-4-17-7-9/h5-6,9-10H,1-4,7,13H2,(H,14,16). The third kappa shape index (κ3) is 2.29. The number of carbonyl (C=O) groups is 1. The molecule has 4 nitrogen and oxygen atoms in total. The van der Waals surface area contributed by atoms with E-state index in [0.29, 0.717) is 17.8 Å². The van der Waals surface area contributed by atoms with Gasteiger partial charge in [-0.2, -0.15) is 11.8 Å². The molecule has 1 amide bonds. The normalized spacial score (nSPS) is 23.9. The summed E-state index contributed by atoms with van der Waals surface area (Å²) in [5.41, 5.74) is 7.19. The highest BCUT2D eigenvalue weighted by atomic mass is 32.2. The van der Waals surface area contributed by atoms with Gasteiger partial charge in [0, 0.05) is 24.0 Å². The molecular formula is C12H17N3OS. The predicted octanol–water partition coefficient (Wildman–Crippen LogP) is 1.64. The lowest BCUT2D eigenvalue weighted by molar-refractivity contribution is 0.0931. The Morgan fingerprint density at radius 1 is 1.47 bits per heavy atom. The number of anilines is 1. The van der Waals surface area contributed by atoms with Gasteiger partial charge in [0.05, 0.1) is 5.69 Å². The largest absolute Gasteiger partial charge is 0.397 e. The molecule has 2 aliphatic rings. The number of hydrogen-bond donors (Lipinski definition) is 2. The molecule has 1 aliphatic heterocycles. The Morgan fingerprint density at radius 3 is 2.94 bits per heavy atom. The van der Waals surface area contributed by atoms with E-state index < -0.39 is 0 Å². The van der Waals surface area contributed by atoms with Gasteiger partial charge in [0.2, 0.25) is 0 Å². The van der Waals surface area contributed by atoms with Gasteiger partial charge in [-0.3, -0.25) is 4.79 Å². The molecule has 1 unspecified atom stereocenters. The van der Waals surface area contributed by atoms with E-state index >= 15 is 0 Å². The van der Waals surface area contributed by atoms with Crippen molar-refractivity contribution in [1.29, 1.82) is 0 Å². The van der Waals surface area contributed by atoms with Gasteiger partial charge in [0.25, 0.3) is 5.91 Å². The molecule has 1 saturated carbocycles. The number of nitrogens with two attached hydrogens (primary N) is 1. The number of amides is 1. The fraction of sp³-hybridized carbons (Fsp3) is 0.583. The first kappa shape index (κ1) is 11.0. The maximum atomic E-state index is 12.2. The maximum Gasteiger partial charge on any atom is 0.268 e. The summed E-state index contributed by atoms with van der Waals surface area (Å²) in [5.74, 6) is 2.21. The van der Waals surface area contributed by atoms with Crippen molar-refractivity contribution >= 4 is 23.4 Å². The van der Waals surface area contributed by atoms with Crippen molar-refractivity contribution in [2.45, 2.75) is 31.3 Å². The number of hydrogen-bond acceptors (Lipinski definition) is 3. The summed E-state index contributed by atoms with van der Waals surface area (Å²) in [7, 11) is 0. The molecule has 1 aromatic heterocycles. The quantitative estimate of drug-likeness (QED) is 0.858. The molecule has 0 radical (unpaired) electrons. The Labute approximate surface area is 105 Å². The number of nitrogens with zero attached hydrogens (tertiary/aromatic N) is 1. The third-order valence-electron chi connectivity index (χ3n) is 3.31. The zero-order valence-corrected chi connectivity index (χ0v) is 10.5. The van der Waals surface area contributed by atoms with E-state index in [2.05, 4.69) is 5.32 Å². The average Bonchev–Trinajstić information content (AvgIpc) is 2.88.